The third-order valence-corrected chi connectivity index (χ3v) is 3.60. The van der Waals surface area contributed by atoms with Crippen molar-refractivity contribution in [2.45, 2.75) is 39.7 Å². The fourth-order valence-corrected chi connectivity index (χ4v) is 2.15. The van der Waals surface area contributed by atoms with Crippen molar-refractivity contribution >= 4 is 35.5 Å². The molecule has 1 aromatic heterocycles. The summed E-state index contributed by atoms with van der Waals surface area (Å²) in [6.07, 6.45) is 3.17. The van der Waals surface area contributed by atoms with Crippen LogP contribution < -0.4 is 11.1 Å². The number of benzene rings is 1. The van der Waals surface area contributed by atoms with Gasteiger partial charge in [-0.05, 0) is 43.7 Å². The van der Waals surface area contributed by atoms with Gasteiger partial charge < -0.3 is 15.8 Å². The van der Waals surface area contributed by atoms with E-state index in [1.807, 2.05) is 20.8 Å². The summed E-state index contributed by atoms with van der Waals surface area (Å²) in [5.41, 5.74) is 6.41. The number of amides is 1. The minimum absolute atomic E-state index is 0.0871. The Morgan fingerprint density at radius 3 is 2.48 bits per heavy atom. The van der Waals surface area contributed by atoms with Crippen molar-refractivity contribution in [2.75, 3.05) is 12.4 Å². The lowest BCUT2D eigenvalue weighted by Crippen LogP contribution is -2.16. The summed E-state index contributed by atoms with van der Waals surface area (Å²) < 4.78 is 4.41. The lowest BCUT2D eigenvalue weighted by Gasteiger charge is -2.07. The van der Waals surface area contributed by atoms with Gasteiger partial charge in [0.2, 0.25) is 12.2 Å². The number of hydrogen-bond acceptors (Lipinski definition) is 6. The van der Waals surface area contributed by atoms with Gasteiger partial charge in [-0.1, -0.05) is 31.5 Å². The highest BCUT2D eigenvalue weighted by molar-refractivity contribution is 6.31. The van der Waals surface area contributed by atoms with Gasteiger partial charge in [-0.3, -0.25) is 19.4 Å². The zero-order chi connectivity index (χ0) is 22.2. The molecule has 2 rings (SSSR count). The molecule has 0 saturated carbocycles. The fourth-order valence-electron chi connectivity index (χ4n) is 1.98. The van der Waals surface area contributed by atoms with Gasteiger partial charge in [0, 0.05) is 29.2 Å². The molecule has 8 heteroatoms. The Labute approximate surface area is 176 Å². The van der Waals surface area contributed by atoms with E-state index in [4.69, 9.17) is 17.3 Å². The van der Waals surface area contributed by atoms with Crippen LogP contribution in [0, 0.1) is 0 Å². The van der Waals surface area contributed by atoms with Crippen LogP contribution in [0.25, 0.3) is 0 Å². The van der Waals surface area contributed by atoms with Crippen molar-refractivity contribution in [3.8, 4) is 0 Å². The summed E-state index contributed by atoms with van der Waals surface area (Å²) in [7, 11) is 1.38. The first-order chi connectivity index (χ1) is 13.9. The summed E-state index contributed by atoms with van der Waals surface area (Å²) in [6, 6.07) is 9.81. The molecule has 0 aliphatic carbocycles. The highest BCUT2D eigenvalue weighted by atomic mass is 35.5. The molecule has 0 aliphatic rings. The molecule has 0 saturated heterocycles. The lowest BCUT2D eigenvalue weighted by atomic mass is 10.1. The number of carbonyl (C=O) groups excluding carboxylic acids is 3. The fraction of sp³-hybridized carbons (Fsp3) is 0.333. The molecular weight excluding hydrogens is 394 g/mol. The van der Waals surface area contributed by atoms with Crippen LogP contribution in [0.3, 0.4) is 0 Å². The van der Waals surface area contributed by atoms with Crippen molar-refractivity contribution in [3.63, 3.8) is 0 Å². The molecule has 1 unspecified atom stereocenters. The average molecular weight is 422 g/mol. The second-order valence-electron chi connectivity index (χ2n) is 5.59. The highest BCUT2D eigenvalue weighted by Gasteiger charge is 2.15. The summed E-state index contributed by atoms with van der Waals surface area (Å²) in [4.78, 5) is 37.1. The summed E-state index contributed by atoms with van der Waals surface area (Å²) >= 11 is 5.86. The number of rotatable bonds is 7. The summed E-state index contributed by atoms with van der Waals surface area (Å²) in [5, 5.41) is 2.89. The number of hydrogen-bond donors (Lipinski definition) is 2. The lowest BCUT2D eigenvalue weighted by molar-refractivity contribution is -0.140. The quantitative estimate of drug-likeness (QED) is 0.399. The van der Waals surface area contributed by atoms with Gasteiger partial charge in [-0.2, -0.15) is 0 Å². The van der Waals surface area contributed by atoms with Gasteiger partial charge in [0.25, 0.3) is 0 Å². The molecule has 0 spiro atoms. The van der Waals surface area contributed by atoms with E-state index >= 15 is 0 Å². The minimum Gasteiger partial charge on any atom is -0.469 e. The first-order valence-electron chi connectivity index (χ1n) is 9.16. The molecule has 0 fully saturated rings. The second kappa shape index (κ2) is 15.2. The Hall–Kier alpha value is -2.77. The van der Waals surface area contributed by atoms with Crippen LogP contribution in [0.2, 0.25) is 5.02 Å². The van der Waals surface area contributed by atoms with Crippen molar-refractivity contribution < 1.29 is 19.1 Å². The van der Waals surface area contributed by atoms with E-state index in [2.05, 4.69) is 15.0 Å². The normalized spacial score (nSPS) is 10.3. The molecule has 0 radical (unpaired) electrons. The molecule has 3 N–H and O–H groups in total. The predicted octanol–water partition coefficient (Wildman–Crippen LogP) is 3.85. The summed E-state index contributed by atoms with van der Waals surface area (Å²) in [6.45, 7) is 5.86. The van der Waals surface area contributed by atoms with Gasteiger partial charge >= 0.3 is 5.97 Å². The van der Waals surface area contributed by atoms with Crippen LogP contribution in [0.15, 0.2) is 42.6 Å². The molecule has 1 amide bonds. The summed E-state index contributed by atoms with van der Waals surface area (Å²) in [5.74, 6) is -0.477. The number of ketones is 1. The van der Waals surface area contributed by atoms with Crippen LogP contribution in [0.5, 0.6) is 0 Å². The average Bonchev–Trinajstić information content (AvgIpc) is 2.75. The molecule has 29 heavy (non-hydrogen) atoms. The Bertz CT molecular complexity index is 768. The topological polar surface area (TPSA) is 111 Å². The number of methoxy groups -OCH3 is 1. The number of carbonyl (C=O) groups is 3. The van der Waals surface area contributed by atoms with E-state index in [9.17, 15) is 14.4 Å². The molecule has 2 aromatic rings. The number of pyridine rings is 1. The van der Waals surface area contributed by atoms with E-state index in [0.29, 0.717) is 41.2 Å². The van der Waals surface area contributed by atoms with Crippen molar-refractivity contribution in [1.29, 1.82) is 0 Å². The van der Waals surface area contributed by atoms with Crippen LogP contribution in [0.4, 0.5) is 5.69 Å². The molecule has 7 nitrogen and oxygen atoms in total. The van der Waals surface area contributed by atoms with E-state index in [0.717, 1.165) is 0 Å². The first kappa shape index (κ1) is 26.2. The van der Waals surface area contributed by atoms with Crippen LogP contribution in [-0.4, -0.2) is 36.3 Å². The predicted molar refractivity (Wildman–Crippen MR) is 115 cm³/mol. The SMILES string of the molecule is CC.COC(=O)CCC(C)N.O=CNc1ccc(Cl)cc1C(=O)c1ccccn1. The maximum absolute atomic E-state index is 12.2. The van der Waals surface area contributed by atoms with Gasteiger partial charge in [-0.15, -0.1) is 0 Å². The minimum atomic E-state index is -0.289. The number of halogens is 1. The number of ether oxygens (including phenoxy) is 1. The monoisotopic (exact) mass is 421 g/mol. The number of nitrogens with zero attached hydrogens (tertiary/aromatic N) is 1. The van der Waals surface area contributed by atoms with Gasteiger partial charge in [0.05, 0.1) is 12.8 Å². The van der Waals surface area contributed by atoms with Gasteiger partial charge in [0.15, 0.2) is 0 Å². The van der Waals surface area contributed by atoms with E-state index in [-0.39, 0.29) is 17.8 Å². The zero-order valence-corrected chi connectivity index (χ0v) is 17.9. The Morgan fingerprint density at radius 2 is 1.97 bits per heavy atom. The number of nitrogens with two attached hydrogens (primary N) is 1. The molecule has 158 valence electrons. The Morgan fingerprint density at radius 1 is 1.28 bits per heavy atom. The third kappa shape index (κ3) is 10.4. The van der Waals surface area contributed by atoms with Crippen LogP contribution in [-0.2, 0) is 14.3 Å². The largest absolute Gasteiger partial charge is 0.469 e. The van der Waals surface area contributed by atoms with Crippen LogP contribution >= 0.6 is 11.6 Å². The number of nitrogens with one attached hydrogen (secondary N) is 1. The molecular formula is C21H28ClN3O4. The maximum atomic E-state index is 12.2. The van der Waals surface area contributed by atoms with Crippen LogP contribution in [0.1, 0.15) is 49.7 Å². The molecule has 0 bridgehead atoms. The molecule has 1 heterocycles. The molecule has 1 atom stereocenters. The van der Waals surface area contributed by atoms with Crippen molar-refractivity contribution in [2.24, 2.45) is 5.73 Å². The van der Waals surface area contributed by atoms with E-state index < -0.39 is 0 Å². The van der Waals surface area contributed by atoms with E-state index in [1.54, 1.807) is 30.3 Å². The second-order valence-corrected chi connectivity index (χ2v) is 6.02. The Kier molecular flexibility index (Phi) is 13.7. The molecule has 0 aliphatic heterocycles. The highest BCUT2D eigenvalue weighted by Crippen LogP contribution is 2.22. The van der Waals surface area contributed by atoms with Gasteiger partial charge in [-0.25, -0.2) is 0 Å². The maximum Gasteiger partial charge on any atom is 0.305 e. The number of aromatic nitrogens is 1. The first-order valence-corrected chi connectivity index (χ1v) is 9.54. The zero-order valence-electron chi connectivity index (χ0n) is 17.1. The van der Waals surface area contributed by atoms with E-state index in [1.165, 1.54) is 19.4 Å². The molecule has 1 aromatic carbocycles. The smallest absolute Gasteiger partial charge is 0.305 e. The number of anilines is 1. The Balaban J connectivity index is 0.000000606. The standard InChI is InChI=1S/C13H9ClN2O2.C6H13NO2.C2H6/c14-9-4-5-11(16-8-17)10(7-9)13(18)12-3-1-2-6-15-12;1-5(7)3-4-6(8)9-2;1-2/h1-8H,(H,16,17);5H,3-4,7H2,1-2H3;1-2H3. The number of esters is 1. The van der Waals surface area contributed by atoms with Crippen molar-refractivity contribution in [3.05, 3.63) is 58.9 Å². The third-order valence-electron chi connectivity index (χ3n) is 3.37. The van der Waals surface area contributed by atoms with Gasteiger partial charge in [0.1, 0.15) is 5.69 Å². The van der Waals surface area contributed by atoms with Crippen molar-refractivity contribution in [1.82, 2.24) is 4.98 Å².